The van der Waals surface area contributed by atoms with Crippen molar-refractivity contribution in [3.8, 4) is 0 Å². The van der Waals surface area contributed by atoms with Gasteiger partial charge in [0.05, 0.1) is 11.0 Å². The maximum atomic E-state index is 11.5. The largest absolute Gasteiger partial charge is 0.324 e. The highest BCUT2D eigenvalue weighted by molar-refractivity contribution is 7.91. The van der Waals surface area contributed by atoms with Gasteiger partial charge in [0.15, 0.2) is 9.84 Å². The number of sulfone groups is 1. The van der Waals surface area contributed by atoms with Crippen molar-refractivity contribution in [1.29, 1.82) is 0 Å². The third kappa shape index (κ3) is 3.10. The number of hydrogen-bond donors (Lipinski definition) is 1. The average molecular weight is 217 g/mol. The number of hydrogen-bond acceptors (Lipinski definition) is 3. The maximum absolute atomic E-state index is 11.5. The molecule has 0 saturated heterocycles. The SMILES string of the molecule is CC(C)S(=O)(=O)CCC1=CC(N)CC1. The van der Waals surface area contributed by atoms with E-state index in [1.165, 1.54) is 5.57 Å². The molecule has 1 rings (SSSR count). The summed E-state index contributed by atoms with van der Waals surface area (Å²) in [6, 6.07) is 0.145. The Bertz CT molecular complexity index is 317. The molecule has 1 aliphatic carbocycles. The Balaban J connectivity index is 2.45. The molecule has 0 fully saturated rings. The Morgan fingerprint density at radius 3 is 2.64 bits per heavy atom. The molecule has 3 nitrogen and oxygen atoms in total. The normalized spacial score (nSPS) is 22.9. The molecular formula is C10H19NO2S. The predicted molar refractivity (Wildman–Crippen MR) is 58.8 cm³/mol. The van der Waals surface area contributed by atoms with Crippen molar-refractivity contribution in [1.82, 2.24) is 0 Å². The fraction of sp³-hybridized carbons (Fsp3) is 0.800. The topological polar surface area (TPSA) is 60.2 Å². The monoisotopic (exact) mass is 217 g/mol. The van der Waals surface area contributed by atoms with Gasteiger partial charge in [-0.1, -0.05) is 11.6 Å². The van der Waals surface area contributed by atoms with Gasteiger partial charge in [-0.25, -0.2) is 8.42 Å². The highest BCUT2D eigenvalue weighted by atomic mass is 32.2. The molecule has 1 unspecified atom stereocenters. The van der Waals surface area contributed by atoms with E-state index in [0.29, 0.717) is 6.42 Å². The van der Waals surface area contributed by atoms with Gasteiger partial charge in [-0.05, 0) is 33.1 Å². The van der Waals surface area contributed by atoms with Crippen LogP contribution in [0.5, 0.6) is 0 Å². The average Bonchev–Trinajstić information content (AvgIpc) is 2.48. The molecule has 0 aromatic rings. The van der Waals surface area contributed by atoms with Crippen LogP contribution in [0.15, 0.2) is 11.6 Å². The molecule has 0 heterocycles. The van der Waals surface area contributed by atoms with Crippen LogP contribution in [0.1, 0.15) is 33.1 Å². The van der Waals surface area contributed by atoms with Gasteiger partial charge in [0.25, 0.3) is 0 Å². The summed E-state index contributed by atoms with van der Waals surface area (Å²) in [6.07, 6.45) is 4.61. The van der Waals surface area contributed by atoms with Crippen LogP contribution < -0.4 is 5.73 Å². The Labute approximate surface area is 86.3 Å². The molecule has 4 heteroatoms. The van der Waals surface area contributed by atoms with Crippen molar-refractivity contribution < 1.29 is 8.42 Å². The minimum Gasteiger partial charge on any atom is -0.324 e. The molecule has 0 aromatic heterocycles. The summed E-state index contributed by atoms with van der Waals surface area (Å²) in [4.78, 5) is 0. The standard InChI is InChI=1S/C10H19NO2S/c1-8(2)14(12,13)6-5-9-3-4-10(11)7-9/h7-8,10H,3-6,11H2,1-2H3. The Kier molecular flexibility index (Phi) is 3.72. The van der Waals surface area contributed by atoms with E-state index in [4.69, 9.17) is 5.73 Å². The molecular weight excluding hydrogens is 198 g/mol. The minimum atomic E-state index is -2.88. The zero-order valence-electron chi connectivity index (χ0n) is 8.86. The molecule has 0 amide bonds. The molecule has 0 spiro atoms. The second-order valence-electron chi connectivity index (χ2n) is 4.19. The van der Waals surface area contributed by atoms with E-state index >= 15 is 0 Å². The van der Waals surface area contributed by atoms with Crippen molar-refractivity contribution in [2.75, 3.05) is 5.75 Å². The Hall–Kier alpha value is -0.350. The van der Waals surface area contributed by atoms with E-state index in [1.807, 2.05) is 6.08 Å². The maximum Gasteiger partial charge on any atom is 0.152 e. The first-order valence-corrected chi connectivity index (χ1v) is 6.80. The third-order valence-electron chi connectivity index (χ3n) is 2.67. The van der Waals surface area contributed by atoms with Gasteiger partial charge in [0.2, 0.25) is 0 Å². The summed E-state index contributed by atoms with van der Waals surface area (Å²) in [5.74, 6) is 0.267. The highest BCUT2D eigenvalue weighted by Gasteiger charge is 2.18. The van der Waals surface area contributed by atoms with Crippen LogP contribution in [-0.2, 0) is 9.84 Å². The molecule has 0 radical (unpaired) electrons. The van der Waals surface area contributed by atoms with E-state index in [1.54, 1.807) is 13.8 Å². The lowest BCUT2D eigenvalue weighted by molar-refractivity contribution is 0.586. The fourth-order valence-corrected chi connectivity index (χ4v) is 2.56. The van der Waals surface area contributed by atoms with Crippen LogP contribution >= 0.6 is 0 Å². The van der Waals surface area contributed by atoms with Gasteiger partial charge in [0, 0.05) is 6.04 Å². The third-order valence-corrected chi connectivity index (χ3v) is 4.88. The lowest BCUT2D eigenvalue weighted by atomic mass is 10.2. The summed E-state index contributed by atoms with van der Waals surface area (Å²) in [5.41, 5.74) is 6.91. The highest BCUT2D eigenvalue weighted by Crippen LogP contribution is 2.21. The molecule has 0 saturated carbocycles. The number of rotatable bonds is 4. The van der Waals surface area contributed by atoms with Crippen molar-refractivity contribution in [2.24, 2.45) is 5.73 Å². The Morgan fingerprint density at radius 2 is 2.21 bits per heavy atom. The summed E-state index contributed by atoms with van der Waals surface area (Å²) < 4.78 is 23.0. The Morgan fingerprint density at radius 1 is 1.57 bits per heavy atom. The van der Waals surface area contributed by atoms with Crippen LogP contribution in [0, 0.1) is 0 Å². The molecule has 1 aliphatic rings. The number of nitrogens with two attached hydrogens (primary N) is 1. The first-order chi connectivity index (χ1) is 6.42. The zero-order chi connectivity index (χ0) is 10.8. The van der Waals surface area contributed by atoms with E-state index in [-0.39, 0.29) is 17.0 Å². The summed E-state index contributed by atoms with van der Waals surface area (Å²) in [5, 5.41) is -0.266. The first-order valence-electron chi connectivity index (χ1n) is 5.08. The van der Waals surface area contributed by atoms with Crippen LogP contribution in [0.2, 0.25) is 0 Å². The smallest absolute Gasteiger partial charge is 0.152 e. The molecule has 1 atom stereocenters. The van der Waals surface area contributed by atoms with Gasteiger partial charge >= 0.3 is 0 Å². The summed E-state index contributed by atoms with van der Waals surface area (Å²) in [6.45, 7) is 3.45. The van der Waals surface area contributed by atoms with Crippen molar-refractivity contribution >= 4 is 9.84 Å². The predicted octanol–water partition coefficient (Wildman–Crippen LogP) is 1.25. The molecule has 14 heavy (non-hydrogen) atoms. The van der Waals surface area contributed by atoms with Crippen LogP contribution in [0.25, 0.3) is 0 Å². The summed E-state index contributed by atoms with van der Waals surface area (Å²) in [7, 11) is -2.88. The quantitative estimate of drug-likeness (QED) is 0.721. The second-order valence-corrected chi connectivity index (χ2v) is 6.87. The van der Waals surface area contributed by atoms with Gasteiger partial charge in [0.1, 0.15) is 0 Å². The van der Waals surface area contributed by atoms with Gasteiger partial charge in [-0.2, -0.15) is 0 Å². The first kappa shape index (κ1) is 11.7. The van der Waals surface area contributed by atoms with Crippen molar-refractivity contribution in [2.45, 2.75) is 44.4 Å². The van der Waals surface area contributed by atoms with Gasteiger partial charge in [-0.3, -0.25) is 0 Å². The van der Waals surface area contributed by atoms with E-state index in [2.05, 4.69) is 0 Å². The van der Waals surface area contributed by atoms with Gasteiger partial charge in [-0.15, -0.1) is 0 Å². The molecule has 82 valence electrons. The van der Waals surface area contributed by atoms with Crippen LogP contribution in [0.3, 0.4) is 0 Å². The van der Waals surface area contributed by atoms with Crippen LogP contribution in [-0.4, -0.2) is 25.5 Å². The number of allylic oxidation sites excluding steroid dienone is 1. The molecule has 0 aromatic carbocycles. The molecule has 0 bridgehead atoms. The van der Waals surface area contributed by atoms with Crippen molar-refractivity contribution in [3.63, 3.8) is 0 Å². The van der Waals surface area contributed by atoms with Gasteiger partial charge < -0.3 is 5.73 Å². The van der Waals surface area contributed by atoms with Crippen LogP contribution in [0.4, 0.5) is 0 Å². The van der Waals surface area contributed by atoms with Crippen molar-refractivity contribution in [3.05, 3.63) is 11.6 Å². The van der Waals surface area contributed by atoms with E-state index in [9.17, 15) is 8.42 Å². The van der Waals surface area contributed by atoms with E-state index in [0.717, 1.165) is 12.8 Å². The summed E-state index contributed by atoms with van der Waals surface area (Å²) >= 11 is 0. The van der Waals surface area contributed by atoms with E-state index < -0.39 is 9.84 Å². The lowest BCUT2D eigenvalue weighted by Gasteiger charge is -2.07. The lowest BCUT2D eigenvalue weighted by Crippen LogP contribution is -2.17. The zero-order valence-corrected chi connectivity index (χ0v) is 9.68. The fourth-order valence-electron chi connectivity index (χ4n) is 1.54. The molecule has 2 N–H and O–H groups in total. The molecule has 0 aliphatic heterocycles. The second kappa shape index (κ2) is 4.45. The minimum absolute atomic E-state index is 0.145.